The normalized spacial score (nSPS) is 24.8. The first-order chi connectivity index (χ1) is 15.9. The first kappa shape index (κ1) is 24.6. The second-order valence-electron chi connectivity index (χ2n) is 9.38. The minimum atomic E-state index is -0.271. The van der Waals surface area contributed by atoms with Crippen LogP contribution in [0.5, 0.6) is 0 Å². The van der Waals surface area contributed by atoms with Crippen molar-refractivity contribution in [3.8, 4) is 0 Å². The minimum absolute atomic E-state index is 0.0238. The summed E-state index contributed by atoms with van der Waals surface area (Å²) in [7, 11) is 0. The predicted molar refractivity (Wildman–Crippen MR) is 135 cm³/mol. The average molecular weight is 448 g/mol. The van der Waals surface area contributed by atoms with Crippen LogP contribution in [0.25, 0.3) is 5.57 Å². The van der Waals surface area contributed by atoms with Gasteiger partial charge in [-0.05, 0) is 73.5 Å². The zero-order chi connectivity index (χ0) is 24.0. The molecular formula is C27H37N5O. The SMILES string of the molecule is CC.Cc1ccc(C2=C(C(=N)N=NN)C(=O)NC(CCC3(C)C=C(C4CC4)C=CC3)C2)cc1. The molecule has 6 nitrogen and oxygen atoms in total. The van der Waals surface area contributed by atoms with Gasteiger partial charge in [-0.15, -0.1) is 5.11 Å². The van der Waals surface area contributed by atoms with Crippen molar-refractivity contribution in [1.29, 1.82) is 5.41 Å². The van der Waals surface area contributed by atoms with Crippen LogP contribution < -0.4 is 11.2 Å². The van der Waals surface area contributed by atoms with Crippen LogP contribution >= 0.6 is 0 Å². The number of hydrogen-bond acceptors (Lipinski definition) is 3. The fourth-order valence-corrected chi connectivity index (χ4v) is 4.67. The summed E-state index contributed by atoms with van der Waals surface area (Å²) in [6.45, 7) is 8.35. The topological polar surface area (TPSA) is 104 Å². The van der Waals surface area contributed by atoms with Gasteiger partial charge >= 0.3 is 0 Å². The molecule has 0 saturated heterocycles. The molecule has 4 rings (SSSR count). The fraction of sp³-hybridized carbons (Fsp3) is 0.481. The highest BCUT2D eigenvalue weighted by Crippen LogP contribution is 2.44. The molecule has 2 aliphatic carbocycles. The molecule has 176 valence electrons. The van der Waals surface area contributed by atoms with Crippen molar-refractivity contribution in [2.75, 3.05) is 0 Å². The lowest BCUT2D eigenvalue weighted by Gasteiger charge is -2.33. The molecule has 1 aliphatic heterocycles. The van der Waals surface area contributed by atoms with E-state index in [1.54, 1.807) is 0 Å². The first-order valence-electron chi connectivity index (χ1n) is 12.1. The van der Waals surface area contributed by atoms with Gasteiger partial charge in [0, 0.05) is 6.04 Å². The zero-order valence-electron chi connectivity index (χ0n) is 20.3. The van der Waals surface area contributed by atoms with Crippen molar-refractivity contribution in [3.05, 3.63) is 64.8 Å². The number of nitrogens with one attached hydrogen (secondary N) is 2. The van der Waals surface area contributed by atoms with Gasteiger partial charge in [-0.1, -0.05) is 74.1 Å². The number of nitrogens with two attached hydrogens (primary N) is 1. The minimum Gasteiger partial charge on any atom is -0.349 e. The molecule has 0 bridgehead atoms. The number of rotatable bonds is 6. The molecule has 1 aromatic rings. The molecule has 3 aliphatic rings. The van der Waals surface area contributed by atoms with Gasteiger partial charge in [-0.3, -0.25) is 10.2 Å². The maximum absolute atomic E-state index is 13.0. The molecule has 1 heterocycles. The van der Waals surface area contributed by atoms with Crippen molar-refractivity contribution in [1.82, 2.24) is 5.32 Å². The largest absolute Gasteiger partial charge is 0.349 e. The van der Waals surface area contributed by atoms with E-state index in [4.69, 9.17) is 11.3 Å². The van der Waals surface area contributed by atoms with E-state index in [9.17, 15) is 4.79 Å². The van der Waals surface area contributed by atoms with Crippen LogP contribution in [0.2, 0.25) is 0 Å². The molecule has 1 saturated carbocycles. The smallest absolute Gasteiger partial charge is 0.255 e. The monoisotopic (exact) mass is 447 g/mol. The lowest BCUT2D eigenvalue weighted by Crippen LogP contribution is -2.42. The van der Waals surface area contributed by atoms with E-state index in [0.717, 1.165) is 41.9 Å². The molecule has 2 unspecified atom stereocenters. The fourth-order valence-electron chi connectivity index (χ4n) is 4.67. The lowest BCUT2D eigenvalue weighted by atomic mass is 9.75. The van der Waals surface area contributed by atoms with E-state index >= 15 is 0 Å². The van der Waals surface area contributed by atoms with Crippen LogP contribution in [0.1, 0.15) is 70.4 Å². The van der Waals surface area contributed by atoms with Crippen molar-refractivity contribution >= 4 is 17.3 Å². The van der Waals surface area contributed by atoms with Crippen molar-refractivity contribution in [2.24, 2.45) is 27.5 Å². The predicted octanol–water partition coefficient (Wildman–Crippen LogP) is 6.05. The maximum Gasteiger partial charge on any atom is 0.255 e. The van der Waals surface area contributed by atoms with Gasteiger partial charge in [-0.25, -0.2) is 0 Å². The summed E-state index contributed by atoms with van der Waals surface area (Å²) in [5.74, 6) is 5.43. The number of allylic oxidation sites excluding steroid dienone is 4. The van der Waals surface area contributed by atoms with Crippen molar-refractivity contribution < 1.29 is 4.79 Å². The summed E-state index contributed by atoms with van der Waals surface area (Å²) < 4.78 is 0. The number of carbonyl (C=O) groups is 1. The summed E-state index contributed by atoms with van der Waals surface area (Å²) in [5.41, 5.74) is 4.82. The van der Waals surface area contributed by atoms with Crippen LogP contribution in [0.15, 0.2) is 64.0 Å². The van der Waals surface area contributed by atoms with Crippen LogP contribution in [-0.2, 0) is 4.79 Å². The molecule has 0 spiro atoms. The molecule has 6 heteroatoms. The summed E-state index contributed by atoms with van der Waals surface area (Å²) in [4.78, 5) is 13.0. The van der Waals surface area contributed by atoms with Gasteiger partial charge in [0.1, 0.15) is 0 Å². The number of carbonyl (C=O) groups excluding carboxylic acids is 1. The van der Waals surface area contributed by atoms with E-state index in [-0.39, 0.29) is 28.8 Å². The van der Waals surface area contributed by atoms with Gasteiger partial charge in [0.05, 0.1) is 5.57 Å². The van der Waals surface area contributed by atoms with Gasteiger partial charge in [0.25, 0.3) is 5.91 Å². The maximum atomic E-state index is 13.0. The number of amides is 1. The third kappa shape index (κ3) is 6.06. The number of nitrogens with zero attached hydrogens (tertiary/aromatic N) is 2. The highest BCUT2D eigenvalue weighted by molar-refractivity contribution is 6.25. The molecule has 1 amide bonds. The summed E-state index contributed by atoms with van der Waals surface area (Å²) >= 11 is 0. The standard InChI is InChI=1S/C25H31N5O.C2H6/c1-16-5-7-18(8-6-16)21-14-20(28-24(31)22(21)23(26)29-30-27)11-13-25(2)12-3-4-19(15-25)17-9-10-17;1-2/h3-8,15,17,20H,9-14H2,1-2H3,(H,28,31)(H3,26,27,29);1-2H3. The van der Waals surface area contributed by atoms with Crippen LogP contribution in [0.3, 0.4) is 0 Å². The van der Waals surface area contributed by atoms with Crippen LogP contribution in [-0.4, -0.2) is 17.8 Å². The third-order valence-electron chi connectivity index (χ3n) is 6.63. The Kier molecular flexibility index (Phi) is 8.01. The molecular weight excluding hydrogens is 410 g/mol. The highest BCUT2D eigenvalue weighted by Gasteiger charge is 2.34. The number of aryl methyl sites for hydroxylation is 1. The molecule has 33 heavy (non-hydrogen) atoms. The Morgan fingerprint density at radius 1 is 1.24 bits per heavy atom. The average Bonchev–Trinajstić information content (AvgIpc) is 3.65. The van der Waals surface area contributed by atoms with Gasteiger partial charge < -0.3 is 11.2 Å². The van der Waals surface area contributed by atoms with Crippen LogP contribution in [0, 0.1) is 23.7 Å². The van der Waals surface area contributed by atoms with E-state index in [0.29, 0.717) is 6.42 Å². The Hall–Kier alpha value is -3.02. The molecule has 4 N–H and O–H groups in total. The Morgan fingerprint density at radius 2 is 1.94 bits per heavy atom. The van der Waals surface area contributed by atoms with Crippen molar-refractivity contribution in [2.45, 2.75) is 72.3 Å². The Balaban J connectivity index is 0.00000149. The summed E-state index contributed by atoms with van der Waals surface area (Å²) in [6, 6.07) is 8.08. The lowest BCUT2D eigenvalue weighted by molar-refractivity contribution is -0.118. The molecule has 2 atom stereocenters. The molecule has 1 aromatic carbocycles. The third-order valence-corrected chi connectivity index (χ3v) is 6.63. The number of benzene rings is 1. The van der Waals surface area contributed by atoms with E-state index < -0.39 is 0 Å². The van der Waals surface area contributed by atoms with E-state index in [2.05, 4.69) is 40.8 Å². The van der Waals surface area contributed by atoms with Crippen LogP contribution in [0.4, 0.5) is 0 Å². The Bertz CT molecular complexity index is 998. The zero-order valence-corrected chi connectivity index (χ0v) is 20.3. The first-order valence-corrected chi connectivity index (χ1v) is 12.1. The van der Waals surface area contributed by atoms with E-state index in [1.165, 1.54) is 18.4 Å². The van der Waals surface area contributed by atoms with Gasteiger partial charge in [-0.2, -0.15) is 0 Å². The number of amidine groups is 1. The summed E-state index contributed by atoms with van der Waals surface area (Å²) in [6.07, 6.45) is 13.3. The van der Waals surface area contributed by atoms with Gasteiger partial charge in [0.15, 0.2) is 5.84 Å². The molecule has 1 fully saturated rings. The Labute approximate surface area is 197 Å². The highest BCUT2D eigenvalue weighted by atomic mass is 16.1. The molecule has 0 radical (unpaired) electrons. The number of hydrogen-bond donors (Lipinski definition) is 3. The molecule has 0 aromatic heterocycles. The second kappa shape index (κ2) is 10.7. The van der Waals surface area contributed by atoms with Crippen molar-refractivity contribution in [3.63, 3.8) is 0 Å². The second-order valence-corrected chi connectivity index (χ2v) is 9.38. The van der Waals surface area contributed by atoms with Gasteiger partial charge in [0.2, 0.25) is 0 Å². The summed E-state index contributed by atoms with van der Waals surface area (Å²) in [5, 5.41) is 18.1. The van der Waals surface area contributed by atoms with E-state index in [1.807, 2.05) is 45.0 Å². The quantitative estimate of drug-likeness (QED) is 0.162. The Morgan fingerprint density at radius 3 is 2.58 bits per heavy atom.